The van der Waals surface area contributed by atoms with E-state index in [0.717, 1.165) is 18.8 Å². The fraction of sp³-hybridized carbons (Fsp3) is 0.500. The monoisotopic (exact) mass is 207 g/mol. The molecule has 0 aromatic heterocycles. The highest BCUT2D eigenvalue weighted by Gasteiger charge is 2.12. The number of rotatable bonds is 1. The Balaban J connectivity index is 2.19. The van der Waals surface area contributed by atoms with E-state index < -0.39 is 0 Å². The molecule has 0 spiro atoms. The quantitative estimate of drug-likeness (QED) is 0.703. The Labute approximate surface area is 90.6 Å². The molecule has 2 rings (SSSR count). The van der Waals surface area contributed by atoms with E-state index in [1.807, 2.05) is 5.06 Å². The Morgan fingerprint density at radius 3 is 2.80 bits per heavy atom. The summed E-state index contributed by atoms with van der Waals surface area (Å²) in [6.07, 6.45) is 0. The largest absolute Gasteiger partial charge is 0.377 e. The summed E-state index contributed by atoms with van der Waals surface area (Å²) in [5.41, 5.74) is 3.67. The second kappa shape index (κ2) is 4.64. The molecule has 0 N–H and O–H groups in total. The molecule has 0 radical (unpaired) electrons. The van der Waals surface area contributed by atoms with Crippen LogP contribution < -0.4 is 5.06 Å². The highest BCUT2D eigenvalue weighted by atomic mass is 16.7. The molecular formula is C12H17NO2. The Kier molecular flexibility index (Phi) is 3.23. The maximum atomic E-state index is 5.62. The van der Waals surface area contributed by atoms with Crippen molar-refractivity contribution in [1.82, 2.24) is 0 Å². The zero-order chi connectivity index (χ0) is 10.7. The van der Waals surface area contributed by atoms with E-state index in [1.165, 1.54) is 11.1 Å². The van der Waals surface area contributed by atoms with Gasteiger partial charge in [0.15, 0.2) is 0 Å². The van der Waals surface area contributed by atoms with E-state index in [2.05, 4.69) is 32.0 Å². The summed E-state index contributed by atoms with van der Waals surface area (Å²) in [7, 11) is 0. The summed E-state index contributed by atoms with van der Waals surface area (Å²) in [6.45, 7) is 7.05. The maximum Gasteiger partial charge on any atom is 0.0982 e. The van der Waals surface area contributed by atoms with Crippen molar-refractivity contribution < 1.29 is 9.57 Å². The Morgan fingerprint density at radius 1 is 1.13 bits per heavy atom. The molecule has 1 aliphatic rings. The Hall–Kier alpha value is -1.06. The summed E-state index contributed by atoms with van der Waals surface area (Å²) in [6, 6.07) is 6.39. The molecule has 3 nitrogen and oxygen atoms in total. The van der Waals surface area contributed by atoms with Gasteiger partial charge in [-0.2, -0.15) is 0 Å². The van der Waals surface area contributed by atoms with Gasteiger partial charge in [0.25, 0.3) is 0 Å². The van der Waals surface area contributed by atoms with Crippen molar-refractivity contribution in [1.29, 1.82) is 0 Å². The first-order valence-corrected chi connectivity index (χ1v) is 5.33. The van der Waals surface area contributed by atoms with Crippen LogP contribution >= 0.6 is 0 Å². The Morgan fingerprint density at radius 2 is 2.00 bits per heavy atom. The average Bonchev–Trinajstić information content (AvgIpc) is 2.46. The average molecular weight is 207 g/mol. The number of benzene rings is 1. The molecule has 3 heteroatoms. The number of hydrogen-bond acceptors (Lipinski definition) is 3. The molecule has 0 bridgehead atoms. The maximum absolute atomic E-state index is 5.62. The van der Waals surface area contributed by atoms with E-state index in [9.17, 15) is 0 Å². The SMILES string of the molecule is Cc1ccc(N2CCOCCO2)c(C)c1. The standard InChI is InChI=1S/C12H17NO2/c1-10-3-4-12(11(2)9-10)13-5-6-14-7-8-15-13/h3-4,9H,5-8H2,1-2H3. The third-order valence-corrected chi connectivity index (χ3v) is 2.53. The summed E-state index contributed by atoms with van der Waals surface area (Å²) >= 11 is 0. The normalized spacial score (nSPS) is 17.6. The second-order valence-electron chi connectivity index (χ2n) is 3.84. The van der Waals surface area contributed by atoms with Crippen LogP contribution in [0.3, 0.4) is 0 Å². The molecule has 1 aliphatic heterocycles. The third-order valence-electron chi connectivity index (χ3n) is 2.53. The molecule has 0 amide bonds. The molecule has 82 valence electrons. The van der Waals surface area contributed by atoms with Gasteiger partial charge in [0.1, 0.15) is 0 Å². The third kappa shape index (κ3) is 2.49. The van der Waals surface area contributed by atoms with Crippen molar-refractivity contribution in [2.24, 2.45) is 0 Å². The lowest BCUT2D eigenvalue weighted by atomic mass is 10.1. The molecule has 1 aromatic rings. The molecule has 0 aliphatic carbocycles. The van der Waals surface area contributed by atoms with Crippen LogP contribution in [0.15, 0.2) is 18.2 Å². The van der Waals surface area contributed by atoms with E-state index in [1.54, 1.807) is 0 Å². The predicted octanol–water partition coefficient (Wildman–Crippen LogP) is 2.07. The van der Waals surface area contributed by atoms with Crippen molar-refractivity contribution in [3.05, 3.63) is 29.3 Å². The van der Waals surface area contributed by atoms with E-state index >= 15 is 0 Å². The van der Waals surface area contributed by atoms with Gasteiger partial charge in [0.2, 0.25) is 0 Å². The second-order valence-corrected chi connectivity index (χ2v) is 3.84. The number of hydroxylamine groups is 1. The highest BCUT2D eigenvalue weighted by Crippen LogP contribution is 2.21. The van der Waals surface area contributed by atoms with Crippen molar-refractivity contribution >= 4 is 5.69 Å². The van der Waals surface area contributed by atoms with Crippen LogP contribution in [0.4, 0.5) is 5.69 Å². The molecule has 1 saturated heterocycles. The first-order valence-electron chi connectivity index (χ1n) is 5.33. The van der Waals surface area contributed by atoms with Crippen LogP contribution in [-0.2, 0) is 9.57 Å². The van der Waals surface area contributed by atoms with Gasteiger partial charge in [0.05, 0.1) is 32.1 Å². The molecule has 1 heterocycles. The first kappa shape index (κ1) is 10.5. The zero-order valence-electron chi connectivity index (χ0n) is 9.32. The summed E-state index contributed by atoms with van der Waals surface area (Å²) in [4.78, 5) is 5.62. The van der Waals surface area contributed by atoms with Crippen LogP contribution in [0, 0.1) is 13.8 Å². The molecule has 1 aromatic carbocycles. The van der Waals surface area contributed by atoms with Gasteiger partial charge in [0, 0.05) is 0 Å². The minimum absolute atomic E-state index is 0.632. The fourth-order valence-corrected chi connectivity index (χ4v) is 1.80. The van der Waals surface area contributed by atoms with Crippen LogP contribution in [0.5, 0.6) is 0 Å². The van der Waals surface area contributed by atoms with Crippen LogP contribution in [-0.4, -0.2) is 26.4 Å². The van der Waals surface area contributed by atoms with Crippen molar-refractivity contribution in [3.63, 3.8) is 0 Å². The lowest BCUT2D eigenvalue weighted by Crippen LogP contribution is -2.25. The van der Waals surface area contributed by atoms with Crippen molar-refractivity contribution in [3.8, 4) is 0 Å². The lowest BCUT2D eigenvalue weighted by molar-refractivity contribution is 0.0891. The molecule has 0 atom stereocenters. The van der Waals surface area contributed by atoms with Gasteiger partial charge in [-0.3, -0.25) is 9.90 Å². The van der Waals surface area contributed by atoms with Gasteiger partial charge in [-0.05, 0) is 25.5 Å². The smallest absolute Gasteiger partial charge is 0.0982 e. The fourth-order valence-electron chi connectivity index (χ4n) is 1.80. The van der Waals surface area contributed by atoms with E-state index in [0.29, 0.717) is 13.2 Å². The predicted molar refractivity (Wildman–Crippen MR) is 60.0 cm³/mol. The van der Waals surface area contributed by atoms with E-state index in [-0.39, 0.29) is 0 Å². The van der Waals surface area contributed by atoms with Gasteiger partial charge in [-0.15, -0.1) is 0 Å². The van der Waals surface area contributed by atoms with Crippen LogP contribution in [0.1, 0.15) is 11.1 Å². The number of nitrogens with zero attached hydrogens (tertiary/aromatic N) is 1. The number of aryl methyl sites for hydroxylation is 2. The van der Waals surface area contributed by atoms with Gasteiger partial charge >= 0.3 is 0 Å². The minimum Gasteiger partial charge on any atom is -0.377 e. The molecule has 1 fully saturated rings. The van der Waals surface area contributed by atoms with Gasteiger partial charge in [-0.1, -0.05) is 17.7 Å². The van der Waals surface area contributed by atoms with Crippen LogP contribution in [0.2, 0.25) is 0 Å². The number of ether oxygens (including phenoxy) is 1. The van der Waals surface area contributed by atoms with Gasteiger partial charge < -0.3 is 4.74 Å². The lowest BCUT2D eigenvalue weighted by Gasteiger charge is -2.22. The van der Waals surface area contributed by atoms with Crippen molar-refractivity contribution in [2.45, 2.75) is 13.8 Å². The molecule has 15 heavy (non-hydrogen) atoms. The number of hydrogen-bond donors (Lipinski definition) is 0. The summed E-state index contributed by atoms with van der Waals surface area (Å²) in [5, 5.41) is 1.93. The van der Waals surface area contributed by atoms with Gasteiger partial charge in [-0.25, -0.2) is 0 Å². The van der Waals surface area contributed by atoms with Crippen LogP contribution in [0.25, 0.3) is 0 Å². The number of anilines is 1. The Bertz CT molecular complexity index is 330. The molecule has 0 saturated carbocycles. The van der Waals surface area contributed by atoms with Crippen molar-refractivity contribution in [2.75, 3.05) is 31.4 Å². The highest BCUT2D eigenvalue weighted by molar-refractivity contribution is 5.52. The summed E-state index contributed by atoms with van der Waals surface area (Å²) < 4.78 is 5.34. The molecule has 0 unspecified atom stereocenters. The summed E-state index contributed by atoms with van der Waals surface area (Å²) in [5.74, 6) is 0. The zero-order valence-corrected chi connectivity index (χ0v) is 9.32. The first-order chi connectivity index (χ1) is 7.27. The van der Waals surface area contributed by atoms with E-state index in [4.69, 9.17) is 9.57 Å². The topological polar surface area (TPSA) is 21.7 Å². The minimum atomic E-state index is 0.632. The molecular weight excluding hydrogens is 190 g/mol.